The van der Waals surface area contributed by atoms with Crippen LogP contribution < -0.4 is 10.3 Å². The molecule has 0 spiro atoms. The fraction of sp³-hybridized carbons (Fsp3) is 0.320. The SMILES string of the molecule is CCCCc1nc(C)c(C)c(=O)n1Cc1ccc(OC(c2ccccc2)c2nnn[nH]2)cc1. The third kappa shape index (κ3) is 5.16. The number of aromatic amines is 1. The maximum atomic E-state index is 13.0. The minimum Gasteiger partial charge on any atom is -0.478 e. The third-order valence-electron chi connectivity index (χ3n) is 5.70. The summed E-state index contributed by atoms with van der Waals surface area (Å²) in [5.74, 6) is 2.05. The summed E-state index contributed by atoms with van der Waals surface area (Å²) >= 11 is 0. The fourth-order valence-corrected chi connectivity index (χ4v) is 3.68. The first-order valence-corrected chi connectivity index (χ1v) is 11.2. The lowest BCUT2D eigenvalue weighted by molar-refractivity contribution is 0.237. The van der Waals surface area contributed by atoms with E-state index in [0.29, 0.717) is 23.7 Å². The molecule has 0 aliphatic carbocycles. The van der Waals surface area contributed by atoms with Gasteiger partial charge in [-0.25, -0.2) is 10.1 Å². The Bertz CT molecular complexity index is 1230. The van der Waals surface area contributed by atoms with Gasteiger partial charge in [-0.2, -0.15) is 0 Å². The van der Waals surface area contributed by atoms with Gasteiger partial charge in [0.15, 0.2) is 11.9 Å². The van der Waals surface area contributed by atoms with E-state index in [4.69, 9.17) is 9.72 Å². The predicted octanol–water partition coefficient (Wildman–Crippen LogP) is 3.93. The smallest absolute Gasteiger partial charge is 0.256 e. The molecule has 1 atom stereocenters. The van der Waals surface area contributed by atoms with E-state index in [1.165, 1.54) is 0 Å². The first-order valence-electron chi connectivity index (χ1n) is 11.2. The van der Waals surface area contributed by atoms with Crippen molar-refractivity contribution < 1.29 is 4.74 Å². The van der Waals surface area contributed by atoms with Crippen molar-refractivity contribution in [2.24, 2.45) is 0 Å². The first-order chi connectivity index (χ1) is 16.1. The van der Waals surface area contributed by atoms with Crippen molar-refractivity contribution in [2.75, 3.05) is 0 Å². The number of benzene rings is 2. The zero-order chi connectivity index (χ0) is 23.2. The average Bonchev–Trinajstić information content (AvgIpc) is 3.38. The zero-order valence-electron chi connectivity index (χ0n) is 19.2. The molecule has 2 aromatic heterocycles. The number of unbranched alkanes of at least 4 members (excludes halogenated alkanes) is 1. The summed E-state index contributed by atoms with van der Waals surface area (Å²) in [5.41, 5.74) is 3.47. The molecular formula is C25H28N6O2. The predicted molar refractivity (Wildman–Crippen MR) is 125 cm³/mol. The molecule has 2 heterocycles. The van der Waals surface area contributed by atoms with Crippen molar-refractivity contribution in [2.45, 2.75) is 52.7 Å². The van der Waals surface area contributed by atoms with Crippen LogP contribution in [-0.4, -0.2) is 30.2 Å². The van der Waals surface area contributed by atoms with Gasteiger partial charge >= 0.3 is 0 Å². The molecule has 8 nitrogen and oxygen atoms in total. The molecule has 0 bridgehead atoms. The number of aromatic nitrogens is 6. The number of H-pyrrole nitrogens is 1. The molecule has 0 saturated heterocycles. The molecule has 0 aliphatic rings. The Morgan fingerprint density at radius 2 is 1.82 bits per heavy atom. The van der Waals surface area contributed by atoms with Crippen LogP contribution in [0.15, 0.2) is 59.4 Å². The van der Waals surface area contributed by atoms with Crippen LogP contribution in [0, 0.1) is 13.8 Å². The molecule has 0 fully saturated rings. The molecule has 1 unspecified atom stereocenters. The molecular weight excluding hydrogens is 416 g/mol. The van der Waals surface area contributed by atoms with Gasteiger partial charge in [-0.3, -0.25) is 9.36 Å². The summed E-state index contributed by atoms with van der Waals surface area (Å²) in [6, 6.07) is 17.5. The molecule has 0 amide bonds. The Kier molecular flexibility index (Phi) is 6.92. The number of rotatable bonds is 9. The standard InChI is InChI=1S/C25H28N6O2/c1-4-5-11-22-26-18(3)17(2)25(32)31(22)16-19-12-14-21(15-13-19)33-23(24-27-29-30-28-24)20-9-7-6-8-10-20/h6-10,12-15,23H,4-5,11,16H2,1-3H3,(H,27,28,29,30). The summed E-state index contributed by atoms with van der Waals surface area (Å²) in [7, 11) is 0. The quantitative estimate of drug-likeness (QED) is 0.420. The topological polar surface area (TPSA) is 98.6 Å². The zero-order valence-corrected chi connectivity index (χ0v) is 19.2. The fourth-order valence-electron chi connectivity index (χ4n) is 3.68. The summed E-state index contributed by atoms with van der Waals surface area (Å²) in [6.45, 7) is 6.35. The van der Waals surface area contributed by atoms with Crippen molar-refractivity contribution >= 4 is 0 Å². The molecule has 1 N–H and O–H groups in total. The summed E-state index contributed by atoms with van der Waals surface area (Å²) in [5, 5.41) is 14.2. The molecule has 0 aliphatic heterocycles. The monoisotopic (exact) mass is 444 g/mol. The van der Waals surface area contributed by atoms with Gasteiger partial charge < -0.3 is 4.74 Å². The Labute approximate surface area is 192 Å². The van der Waals surface area contributed by atoms with Gasteiger partial charge in [0.05, 0.1) is 6.54 Å². The van der Waals surface area contributed by atoms with Crippen LogP contribution >= 0.6 is 0 Å². The van der Waals surface area contributed by atoms with E-state index < -0.39 is 6.10 Å². The van der Waals surface area contributed by atoms with Gasteiger partial charge in [-0.1, -0.05) is 55.8 Å². The van der Waals surface area contributed by atoms with Crippen molar-refractivity contribution in [3.05, 3.63) is 99.0 Å². The second-order valence-corrected chi connectivity index (χ2v) is 8.07. The third-order valence-corrected chi connectivity index (χ3v) is 5.70. The highest BCUT2D eigenvalue weighted by Gasteiger charge is 2.20. The van der Waals surface area contributed by atoms with Gasteiger partial charge in [0.2, 0.25) is 0 Å². The number of ether oxygens (including phenoxy) is 1. The lowest BCUT2D eigenvalue weighted by atomic mass is 10.1. The normalized spacial score (nSPS) is 12.0. The van der Waals surface area contributed by atoms with E-state index in [1.807, 2.05) is 68.4 Å². The molecule has 4 rings (SSSR count). The highest BCUT2D eigenvalue weighted by molar-refractivity contribution is 5.31. The van der Waals surface area contributed by atoms with Gasteiger partial charge in [0.1, 0.15) is 11.6 Å². The van der Waals surface area contributed by atoms with Crippen LogP contribution in [-0.2, 0) is 13.0 Å². The van der Waals surface area contributed by atoms with Crippen LogP contribution in [0.1, 0.15) is 59.9 Å². The van der Waals surface area contributed by atoms with Crippen LogP contribution in [0.4, 0.5) is 0 Å². The van der Waals surface area contributed by atoms with E-state index in [0.717, 1.165) is 41.9 Å². The number of aryl methyl sites for hydroxylation is 2. The van der Waals surface area contributed by atoms with Gasteiger partial charge in [0, 0.05) is 23.2 Å². The van der Waals surface area contributed by atoms with Gasteiger partial charge in [-0.15, -0.1) is 5.10 Å². The molecule has 0 saturated carbocycles. The maximum Gasteiger partial charge on any atom is 0.256 e. The Hall–Kier alpha value is -3.81. The van der Waals surface area contributed by atoms with Crippen molar-refractivity contribution in [1.29, 1.82) is 0 Å². The number of tetrazole rings is 1. The minimum atomic E-state index is -0.459. The molecule has 4 aromatic rings. The number of nitrogens with zero attached hydrogens (tertiary/aromatic N) is 5. The lowest BCUT2D eigenvalue weighted by Crippen LogP contribution is -2.28. The molecule has 0 radical (unpaired) electrons. The largest absolute Gasteiger partial charge is 0.478 e. The number of hydrogen-bond acceptors (Lipinski definition) is 6. The first kappa shape index (κ1) is 22.4. The summed E-state index contributed by atoms with van der Waals surface area (Å²) < 4.78 is 8.02. The van der Waals surface area contributed by atoms with E-state index in [1.54, 1.807) is 4.57 Å². The van der Waals surface area contributed by atoms with Crippen molar-refractivity contribution in [1.82, 2.24) is 30.2 Å². The van der Waals surface area contributed by atoms with Crippen LogP contribution in [0.2, 0.25) is 0 Å². The van der Waals surface area contributed by atoms with Gasteiger partial charge in [-0.05, 0) is 48.4 Å². The Balaban J connectivity index is 1.57. The van der Waals surface area contributed by atoms with Crippen LogP contribution in [0.3, 0.4) is 0 Å². The van der Waals surface area contributed by atoms with E-state index in [2.05, 4.69) is 27.5 Å². The van der Waals surface area contributed by atoms with E-state index in [-0.39, 0.29) is 5.56 Å². The molecule has 8 heteroatoms. The Morgan fingerprint density at radius 3 is 2.48 bits per heavy atom. The highest BCUT2D eigenvalue weighted by atomic mass is 16.5. The number of nitrogens with one attached hydrogen (secondary N) is 1. The second kappa shape index (κ2) is 10.2. The average molecular weight is 445 g/mol. The van der Waals surface area contributed by atoms with E-state index in [9.17, 15) is 4.79 Å². The Morgan fingerprint density at radius 1 is 1.06 bits per heavy atom. The minimum absolute atomic E-state index is 0.0240. The highest BCUT2D eigenvalue weighted by Crippen LogP contribution is 2.26. The lowest BCUT2D eigenvalue weighted by Gasteiger charge is -2.18. The second-order valence-electron chi connectivity index (χ2n) is 8.07. The maximum absolute atomic E-state index is 13.0. The summed E-state index contributed by atoms with van der Waals surface area (Å²) in [4.78, 5) is 17.7. The molecule has 170 valence electrons. The molecule has 2 aromatic carbocycles. The number of hydrogen-bond donors (Lipinski definition) is 1. The van der Waals surface area contributed by atoms with Crippen molar-refractivity contribution in [3.8, 4) is 5.75 Å². The van der Waals surface area contributed by atoms with Crippen LogP contribution in [0.25, 0.3) is 0 Å². The summed E-state index contributed by atoms with van der Waals surface area (Å²) in [6.07, 6.45) is 2.38. The van der Waals surface area contributed by atoms with Crippen molar-refractivity contribution in [3.63, 3.8) is 0 Å². The van der Waals surface area contributed by atoms with Crippen LogP contribution in [0.5, 0.6) is 5.75 Å². The van der Waals surface area contributed by atoms with Gasteiger partial charge in [0.25, 0.3) is 5.56 Å². The van der Waals surface area contributed by atoms with E-state index >= 15 is 0 Å². The molecule has 33 heavy (non-hydrogen) atoms.